The van der Waals surface area contributed by atoms with Crippen molar-refractivity contribution in [3.05, 3.63) is 106 Å². The average Bonchev–Trinajstić information content (AvgIpc) is 3.44. The van der Waals surface area contributed by atoms with Crippen LogP contribution in [0.3, 0.4) is 0 Å². The van der Waals surface area contributed by atoms with Crippen LogP contribution in [0.1, 0.15) is 48.9 Å². The first-order chi connectivity index (χ1) is 16.4. The largest absolute Gasteiger partial charge is 0.459 e. The van der Waals surface area contributed by atoms with E-state index < -0.39 is 0 Å². The highest BCUT2D eigenvalue weighted by Crippen LogP contribution is 2.43. The molecule has 1 aliphatic heterocycles. The van der Waals surface area contributed by atoms with Gasteiger partial charge in [0.15, 0.2) is 5.11 Å². The van der Waals surface area contributed by atoms with Crippen LogP contribution in [0.25, 0.3) is 11.3 Å². The number of aromatic nitrogens is 1. The maximum atomic E-state index is 14.6. The molecule has 2 aromatic carbocycles. The number of pyridine rings is 1. The van der Waals surface area contributed by atoms with Gasteiger partial charge >= 0.3 is 0 Å². The molecule has 1 fully saturated rings. The lowest BCUT2D eigenvalue weighted by atomic mass is 10.0. The Morgan fingerprint density at radius 3 is 2.53 bits per heavy atom. The summed E-state index contributed by atoms with van der Waals surface area (Å²) < 4.78 is 21.6. The third-order valence-corrected chi connectivity index (χ3v) is 6.86. The van der Waals surface area contributed by atoms with E-state index in [2.05, 4.69) is 69.2 Å². The summed E-state index contributed by atoms with van der Waals surface area (Å²) in [5.41, 5.74) is 3.47. The summed E-state index contributed by atoms with van der Waals surface area (Å²) in [5, 5.41) is 4.02. The van der Waals surface area contributed by atoms with Crippen molar-refractivity contribution in [1.82, 2.24) is 10.3 Å². The van der Waals surface area contributed by atoms with Gasteiger partial charge in [-0.3, -0.25) is 4.98 Å². The minimum absolute atomic E-state index is 0.229. The van der Waals surface area contributed by atoms with Gasteiger partial charge in [-0.1, -0.05) is 48.0 Å². The van der Waals surface area contributed by atoms with E-state index >= 15 is 0 Å². The number of halogens is 2. The maximum absolute atomic E-state index is 14.6. The molecule has 5 rings (SSSR count). The number of nitrogens with one attached hydrogen (secondary N) is 1. The molecule has 4 aromatic rings. The highest BCUT2D eigenvalue weighted by atomic mass is 79.9. The number of benzene rings is 2. The van der Waals surface area contributed by atoms with Crippen LogP contribution in [0, 0.1) is 5.82 Å². The van der Waals surface area contributed by atoms with Gasteiger partial charge in [0.1, 0.15) is 23.4 Å². The number of hydrogen-bond donors (Lipinski definition) is 1. The predicted molar refractivity (Wildman–Crippen MR) is 140 cm³/mol. The molecule has 0 saturated carbocycles. The molecule has 3 heterocycles. The Hall–Kier alpha value is -3.03. The lowest BCUT2D eigenvalue weighted by Gasteiger charge is -2.26. The van der Waals surface area contributed by atoms with E-state index in [1.807, 2.05) is 24.3 Å². The minimum atomic E-state index is -0.349. The number of nitrogens with zero attached hydrogens (tertiary/aromatic N) is 2. The Morgan fingerprint density at radius 2 is 1.85 bits per heavy atom. The van der Waals surface area contributed by atoms with Gasteiger partial charge < -0.3 is 14.6 Å². The van der Waals surface area contributed by atoms with Gasteiger partial charge in [-0.05, 0) is 78.3 Å². The molecule has 4 nitrogen and oxygen atoms in total. The standard InChI is InChI=1S/C27H23BrFN3OS/c1-16(2)17-6-9-19(10-7-17)32-26(25(31-27(32)34)22-5-3-4-14-30-22)24-13-12-23(33-24)20-11-8-18(28)15-21(20)29/h3-16,25-26H,1-2H3,(H,31,34). The Kier molecular flexibility index (Phi) is 6.23. The van der Waals surface area contributed by atoms with Crippen LogP contribution in [-0.4, -0.2) is 10.1 Å². The maximum Gasteiger partial charge on any atom is 0.174 e. The van der Waals surface area contributed by atoms with Crippen LogP contribution in [0.4, 0.5) is 10.1 Å². The molecule has 7 heteroatoms. The van der Waals surface area contributed by atoms with Crippen molar-refractivity contribution in [2.75, 3.05) is 4.90 Å². The van der Waals surface area contributed by atoms with Gasteiger partial charge in [0, 0.05) is 16.4 Å². The molecule has 0 spiro atoms. The first kappa shape index (κ1) is 22.7. The zero-order valence-electron chi connectivity index (χ0n) is 18.7. The number of furan rings is 1. The molecule has 2 atom stereocenters. The third-order valence-electron chi connectivity index (χ3n) is 6.05. The molecular formula is C27H23BrFN3OS. The molecule has 1 saturated heterocycles. The van der Waals surface area contributed by atoms with Crippen molar-refractivity contribution in [2.24, 2.45) is 0 Å². The molecule has 2 aromatic heterocycles. The molecule has 1 N–H and O–H groups in total. The van der Waals surface area contributed by atoms with Crippen LogP contribution >= 0.6 is 28.1 Å². The van der Waals surface area contributed by atoms with Gasteiger partial charge in [0.2, 0.25) is 0 Å². The highest BCUT2D eigenvalue weighted by Gasteiger charge is 2.42. The van der Waals surface area contributed by atoms with Crippen molar-refractivity contribution in [3.8, 4) is 11.3 Å². The molecule has 1 aliphatic rings. The molecule has 2 unspecified atom stereocenters. The SMILES string of the molecule is CC(C)c1ccc(N2C(=S)NC(c3ccccn3)C2c2ccc(-c3ccc(Br)cc3F)o2)cc1. The fraction of sp³-hybridized carbons (Fsp3) is 0.185. The average molecular weight is 536 g/mol. The Labute approximate surface area is 212 Å². The topological polar surface area (TPSA) is 41.3 Å². The van der Waals surface area contributed by atoms with Gasteiger partial charge in [-0.2, -0.15) is 0 Å². The van der Waals surface area contributed by atoms with Gasteiger partial charge in [-0.25, -0.2) is 4.39 Å². The molecule has 0 radical (unpaired) electrons. The second kappa shape index (κ2) is 9.31. The number of anilines is 1. The van der Waals surface area contributed by atoms with Crippen LogP contribution in [-0.2, 0) is 0 Å². The van der Waals surface area contributed by atoms with Crippen molar-refractivity contribution < 1.29 is 8.81 Å². The molecular weight excluding hydrogens is 513 g/mol. The highest BCUT2D eigenvalue weighted by molar-refractivity contribution is 9.10. The zero-order chi connectivity index (χ0) is 23.8. The molecule has 0 amide bonds. The number of rotatable bonds is 5. The second-order valence-electron chi connectivity index (χ2n) is 8.57. The van der Waals surface area contributed by atoms with Crippen LogP contribution in [0.15, 0.2) is 87.9 Å². The summed E-state index contributed by atoms with van der Waals surface area (Å²) in [6, 6.07) is 22.3. The first-order valence-corrected chi connectivity index (χ1v) is 12.3. The molecule has 0 bridgehead atoms. The van der Waals surface area contributed by atoms with Crippen LogP contribution in [0.2, 0.25) is 0 Å². The van der Waals surface area contributed by atoms with Crippen molar-refractivity contribution in [1.29, 1.82) is 0 Å². The number of thiocarbonyl (C=S) groups is 1. The second-order valence-corrected chi connectivity index (χ2v) is 9.87. The Morgan fingerprint density at radius 1 is 1.06 bits per heavy atom. The van der Waals surface area contributed by atoms with Crippen LogP contribution in [0.5, 0.6) is 0 Å². The quantitative estimate of drug-likeness (QED) is 0.267. The van der Waals surface area contributed by atoms with Gasteiger partial charge in [-0.15, -0.1) is 0 Å². The Balaban J connectivity index is 1.58. The third kappa shape index (κ3) is 4.26. The fourth-order valence-corrected chi connectivity index (χ4v) is 4.97. The van der Waals surface area contributed by atoms with E-state index in [1.54, 1.807) is 24.4 Å². The Bertz CT molecular complexity index is 1320. The lowest BCUT2D eigenvalue weighted by molar-refractivity contribution is 0.438. The number of hydrogen-bond acceptors (Lipinski definition) is 3. The molecule has 34 heavy (non-hydrogen) atoms. The summed E-state index contributed by atoms with van der Waals surface area (Å²) >= 11 is 9.09. The summed E-state index contributed by atoms with van der Waals surface area (Å²) in [6.45, 7) is 4.34. The molecule has 0 aliphatic carbocycles. The van der Waals surface area contributed by atoms with Gasteiger partial charge in [0.05, 0.1) is 17.3 Å². The minimum Gasteiger partial charge on any atom is -0.459 e. The van der Waals surface area contributed by atoms with Gasteiger partial charge in [0.25, 0.3) is 0 Å². The zero-order valence-corrected chi connectivity index (χ0v) is 21.1. The monoisotopic (exact) mass is 535 g/mol. The van der Waals surface area contributed by atoms with E-state index in [9.17, 15) is 4.39 Å². The lowest BCUT2D eigenvalue weighted by Crippen LogP contribution is -2.29. The molecule has 172 valence electrons. The summed E-state index contributed by atoms with van der Waals surface area (Å²) in [6.07, 6.45) is 1.77. The fourth-order valence-electron chi connectivity index (χ4n) is 4.29. The van der Waals surface area contributed by atoms with E-state index in [1.165, 1.54) is 11.6 Å². The normalized spacial score (nSPS) is 17.9. The predicted octanol–water partition coefficient (Wildman–Crippen LogP) is 7.54. The summed E-state index contributed by atoms with van der Waals surface area (Å²) in [5.74, 6) is 1.22. The van der Waals surface area contributed by atoms with E-state index in [0.717, 1.165) is 11.4 Å². The van der Waals surface area contributed by atoms with E-state index in [4.69, 9.17) is 16.6 Å². The van der Waals surface area contributed by atoms with Crippen molar-refractivity contribution >= 4 is 38.9 Å². The van der Waals surface area contributed by atoms with E-state index in [0.29, 0.717) is 32.6 Å². The van der Waals surface area contributed by atoms with Crippen molar-refractivity contribution in [2.45, 2.75) is 31.8 Å². The van der Waals surface area contributed by atoms with Crippen LogP contribution < -0.4 is 10.2 Å². The first-order valence-electron chi connectivity index (χ1n) is 11.1. The summed E-state index contributed by atoms with van der Waals surface area (Å²) in [4.78, 5) is 6.62. The van der Waals surface area contributed by atoms with Crippen molar-refractivity contribution in [3.63, 3.8) is 0 Å². The summed E-state index contributed by atoms with van der Waals surface area (Å²) in [7, 11) is 0. The van der Waals surface area contributed by atoms with E-state index in [-0.39, 0.29) is 17.9 Å². The smallest absolute Gasteiger partial charge is 0.174 e.